The summed E-state index contributed by atoms with van der Waals surface area (Å²) in [7, 11) is 0. The summed E-state index contributed by atoms with van der Waals surface area (Å²) in [5.74, 6) is 0. The molecule has 0 aliphatic heterocycles. The molecule has 0 amide bonds. The van der Waals surface area contributed by atoms with Crippen molar-refractivity contribution in [1.29, 1.82) is 0 Å². The highest BCUT2D eigenvalue weighted by Gasteiger charge is 2.06. The van der Waals surface area contributed by atoms with Crippen molar-refractivity contribution in [3.63, 3.8) is 0 Å². The van der Waals surface area contributed by atoms with Crippen LogP contribution in [0, 0.1) is 0 Å². The number of nitrogens with zero attached hydrogens (tertiary/aromatic N) is 2. The Kier molecular flexibility index (Phi) is 2.27. The number of aromatic nitrogens is 2. The third-order valence-corrected chi connectivity index (χ3v) is 3.49. The van der Waals surface area contributed by atoms with Crippen molar-refractivity contribution in [1.82, 2.24) is 9.97 Å². The molecule has 0 aliphatic rings. The molecule has 0 radical (unpaired) electrons. The van der Waals surface area contributed by atoms with Gasteiger partial charge in [0.25, 0.3) is 0 Å². The molecule has 3 nitrogen and oxygen atoms in total. The first-order valence-electron chi connectivity index (χ1n) is 6.39. The molecule has 4 rings (SSSR count). The first kappa shape index (κ1) is 11.1. The van der Waals surface area contributed by atoms with Crippen molar-refractivity contribution in [3.8, 4) is 0 Å². The van der Waals surface area contributed by atoms with Crippen molar-refractivity contribution < 1.29 is 4.79 Å². The van der Waals surface area contributed by atoms with Crippen LogP contribution in [0.25, 0.3) is 32.8 Å². The average molecular weight is 258 g/mol. The van der Waals surface area contributed by atoms with E-state index in [1.165, 1.54) is 0 Å². The number of carbonyl (C=O) groups excluding carboxylic acids is 1. The number of fused-ring (bicyclic) bond motifs is 4. The lowest BCUT2D eigenvalue weighted by molar-refractivity contribution is 0.112. The largest absolute Gasteiger partial charge is 0.298 e. The number of carbonyl (C=O) groups is 1. The van der Waals surface area contributed by atoms with Gasteiger partial charge in [-0.15, -0.1) is 0 Å². The van der Waals surface area contributed by atoms with Crippen LogP contribution in [0.15, 0.2) is 54.6 Å². The summed E-state index contributed by atoms with van der Waals surface area (Å²) in [6.45, 7) is 0. The second-order valence-electron chi connectivity index (χ2n) is 4.74. The van der Waals surface area contributed by atoms with Crippen molar-refractivity contribution >= 4 is 39.1 Å². The van der Waals surface area contributed by atoms with Crippen LogP contribution in [0.4, 0.5) is 0 Å². The van der Waals surface area contributed by atoms with E-state index in [9.17, 15) is 4.79 Å². The van der Waals surface area contributed by atoms with E-state index in [1.54, 1.807) is 12.1 Å². The van der Waals surface area contributed by atoms with Gasteiger partial charge in [0.2, 0.25) is 0 Å². The third-order valence-electron chi connectivity index (χ3n) is 3.49. The summed E-state index contributed by atoms with van der Waals surface area (Å²) < 4.78 is 0. The zero-order valence-corrected chi connectivity index (χ0v) is 10.6. The molecule has 3 heteroatoms. The van der Waals surface area contributed by atoms with Crippen LogP contribution in [-0.2, 0) is 0 Å². The van der Waals surface area contributed by atoms with Crippen molar-refractivity contribution in [3.05, 3.63) is 60.2 Å². The normalized spacial score (nSPS) is 11.2. The van der Waals surface area contributed by atoms with E-state index in [1.807, 2.05) is 30.3 Å². The maximum atomic E-state index is 10.9. The van der Waals surface area contributed by atoms with Gasteiger partial charge in [-0.05, 0) is 29.7 Å². The van der Waals surface area contributed by atoms with E-state index >= 15 is 0 Å². The van der Waals surface area contributed by atoms with Gasteiger partial charge in [-0.2, -0.15) is 0 Å². The molecular weight excluding hydrogens is 248 g/mol. The summed E-state index contributed by atoms with van der Waals surface area (Å²) in [5.41, 5.74) is 3.91. The van der Waals surface area contributed by atoms with Gasteiger partial charge in [-0.3, -0.25) is 4.79 Å². The van der Waals surface area contributed by atoms with Crippen LogP contribution in [0.5, 0.6) is 0 Å². The molecule has 0 unspecified atom stereocenters. The van der Waals surface area contributed by atoms with Crippen molar-refractivity contribution in [2.24, 2.45) is 0 Å². The molecule has 4 aromatic rings. The lowest BCUT2D eigenvalue weighted by Crippen LogP contribution is -1.90. The molecule has 20 heavy (non-hydrogen) atoms. The van der Waals surface area contributed by atoms with E-state index in [0.717, 1.165) is 39.1 Å². The minimum atomic E-state index is 0.617. The van der Waals surface area contributed by atoms with Gasteiger partial charge >= 0.3 is 0 Å². The fraction of sp³-hybridized carbons (Fsp3) is 0. The van der Waals surface area contributed by atoms with Gasteiger partial charge in [0.15, 0.2) is 0 Å². The Morgan fingerprint density at radius 2 is 1.65 bits per heavy atom. The highest BCUT2D eigenvalue weighted by molar-refractivity contribution is 6.06. The van der Waals surface area contributed by atoms with Crippen molar-refractivity contribution in [2.45, 2.75) is 0 Å². The number of aldehydes is 1. The van der Waals surface area contributed by atoms with E-state index in [-0.39, 0.29) is 0 Å². The Morgan fingerprint density at radius 3 is 2.55 bits per heavy atom. The lowest BCUT2D eigenvalue weighted by Gasteiger charge is -2.05. The number of benzene rings is 3. The summed E-state index contributed by atoms with van der Waals surface area (Å²) >= 11 is 0. The monoisotopic (exact) mass is 258 g/mol. The Bertz CT molecular complexity index is 976. The number of hydrogen-bond acceptors (Lipinski definition) is 3. The topological polar surface area (TPSA) is 42.9 Å². The third kappa shape index (κ3) is 1.57. The molecule has 1 heterocycles. The van der Waals surface area contributed by atoms with Crippen LogP contribution in [0.3, 0.4) is 0 Å². The predicted octanol–water partition coefficient (Wildman–Crippen LogP) is 3.75. The van der Waals surface area contributed by atoms with Gasteiger partial charge in [-0.25, -0.2) is 9.97 Å². The highest BCUT2D eigenvalue weighted by atomic mass is 16.1. The van der Waals surface area contributed by atoms with Gasteiger partial charge in [0.05, 0.1) is 22.1 Å². The maximum absolute atomic E-state index is 10.9. The molecule has 94 valence electrons. The molecule has 1 aromatic heterocycles. The van der Waals surface area contributed by atoms with Gasteiger partial charge in [0, 0.05) is 10.9 Å². The summed E-state index contributed by atoms with van der Waals surface area (Å²) in [5, 5.41) is 2.22. The van der Waals surface area contributed by atoms with Gasteiger partial charge in [-0.1, -0.05) is 30.3 Å². The van der Waals surface area contributed by atoms with Gasteiger partial charge < -0.3 is 0 Å². The standard InChI is InChI=1S/C17H10N2O/c20-10-11-5-7-14-16(9-11)19-17-13-4-2-1-3-12(13)6-8-15(17)18-14/h1-10H. The fourth-order valence-electron chi connectivity index (χ4n) is 2.50. The second kappa shape index (κ2) is 4.10. The molecule has 0 fully saturated rings. The van der Waals surface area contributed by atoms with Crippen LogP contribution < -0.4 is 0 Å². The number of rotatable bonds is 1. The zero-order chi connectivity index (χ0) is 13.5. The Labute approximate surface area is 114 Å². The SMILES string of the molecule is O=Cc1ccc2nc3ccc4ccccc4c3nc2c1. The first-order chi connectivity index (χ1) is 9.85. The predicted molar refractivity (Wildman–Crippen MR) is 79.9 cm³/mol. The summed E-state index contributed by atoms with van der Waals surface area (Å²) in [4.78, 5) is 20.2. The second-order valence-corrected chi connectivity index (χ2v) is 4.74. The van der Waals surface area contributed by atoms with Crippen LogP contribution in [0.2, 0.25) is 0 Å². The molecule has 0 bridgehead atoms. The smallest absolute Gasteiger partial charge is 0.150 e. The maximum Gasteiger partial charge on any atom is 0.150 e. The minimum absolute atomic E-state index is 0.617. The van der Waals surface area contributed by atoms with E-state index in [4.69, 9.17) is 4.98 Å². The highest BCUT2D eigenvalue weighted by Crippen LogP contribution is 2.24. The fourth-order valence-corrected chi connectivity index (χ4v) is 2.50. The molecule has 0 atom stereocenters. The summed E-state index contributed by atoms with van der Waals surface area (Å²) in [6.07, 6.45) is 0.828. The molecule has 0 saturated heterocycles. The zero-order valence-electron chi connectivity index (χ0n) is 10.6. The van der Waals surface area contributed by atoms with Crippen LogP contribution in [0.1, 0.15) is 10.4 Å². The average Bonchev–Trinajstić information content (AvgIpc) is 2.52. The Morgan fingerprint density at radius 1 is 0.800 bits per heavy atom. The Balaban J connectivity index is 2.19. The minimum Gasteiger partial charge on any atom is -0.298 e. The molecule has 0 aliphatic carbocycles. The van der Waals surface area contributed by atoms with E-state index < -0.39 is 0 Å². The van der Waals surface area contributed by atoms with Crippen LogP contribution in [-0.4, -0.2) is 16.3 Å². The lowest BCUT2D eigenvalue weighted by atomic mass is 10.1. The molecule has 0 spiro atoms. The number of hydrogen-bond donors (Lipinski definition) is 0. The Hall–Kier alpha value is -2.81. The molecule has 3 aromatic carbocycles. The quantitative estimate of drug-likeness (QED) is 0.296. The molecular formula is C17H10N2O. The van der Waals surface area contributed by atoms with E-state index in [0.29, 0.717) is 5.56 Å². The van der Waals surface area contributed by atoms with Crippen molar-refractivity contribution in [2.75, 3.05) is 0 Å². The first-order valence-corrected chi connectivity index (χ1v) is 6.39. The van der Waals surface area contributed by atoms with E-state index in [2.05, 4.69) is 17.1 Å². The summed E-state index contributed by atoms with van der Waals surface area (Å²) in [6, 6.07) is 17.5. The van der Waals surface area contributed by atoms with Gasteiger partial charge in [0.1, 0.15) is 6.29 Å². The molecule has 0 saturated carbocycles. The van der Waals surface area contributed by atoms with Crippen LogP contribution >= 0.6 is 0 Å². The molecule has 0 N–H and O–H groups in total.